The number of aryl methyl sites for hydroxylation is 2. The molecule has 0 saturated carbocycles. The maximum absolute atomic E-state index is 13.5. The van der Waals surface area contributed by atoms with Crippen LogP contribution in [0.25, 0.3) is 27.6 Å². The van der Waals surface area contributed by atoms with E-state index in [9.17, 15) is 9.59 Å². The smallest absolute Gasteiger partial charge is 0.271 e. The topological polar surface area (TPSA) is 56.9 Å². The van der Waals surface area contributed by atoms with Crippen LogP contribution in [0.2, 0.25) is 0 Å². The lowest BCUT2D eigenvalue weighted by Crippen LogP contribution is -2.30. The highest BCUT2D eigenvalue weighted by atomic mass is 16.1. The molecular formula is C22H21N3O2. The van der Waals surface area contributed by atoms with E-state index in [2.05, 4.69) is 0 Å². The van der Waals surface area contributed by atoms with E-state index in [1.54, 1.807) is 4.57 Å². The minimum Gasteiger partial charge on any atom is -0.328 e. The normalized spacial score (nSPS) is 11.6. The van der Waals surface area contributed by atoms with Gasteiger partial charge in [0.15, 0.2) is 5.65 Å². The summed E-state index contributed by atoms with van der Waals surface area (Å²) in [6.07, 6.45) is 0. The number of hydrogen-bond donors (Lipinski definition) is 0. The molecule has 4 rings (SSSR count). The van der Waals surface area contributed by atoms with Crippen molar-refractivity contribution in [1.29, 1.82) is 0 Å². The van der Waals surface area contributed by atoms with Crippen LogP contribution in [0.15, 0.2) is 58.1 Å². The molecule has 0 amide bonds. The fourth-order valence-corrected chi connectivity index (χ4v) is 3.55. The van der Waals surface area contributed by atoms with E-state index < -0.39 is 0 Å². The van der Waals surface area contributed by atoms with Crippen LogP contribution < -0.4 is 11.0 Å². The first kappa shape index (κ1) is 17.2. The predicted octanol–water partition coefficient (Wildman–Crippen LogP) is 3.67. The van der Waals surface area contributed by atoms with Gasteiger partial charge in [-0.25, -0.2) is 4.98 Å². The standard InChI is InChI=1S/C22H21N3O2/c1-13(2)20-23-21-18(22(27)25(20)15-8-6-5-7-9-15)19(26)16-12-14(3)10-11-17(16)24(21)4/h5-13H,1-4H3. The van der Waals surface area contributed by atoms with Gasteiger partial charge in [-0.05, 0) is 31.2 Å². The van der Waals surface area contributed by atoms with Crippen molar-refractivity contribution in [1.82, 2.24) is 14.1 Å². The van der Waals surface area contributed by atoms with Crippen LogP contribution in [0.5, 0.6) is 0 Å². The van der Waals surface area contributed by atoms with Gasteiger partial charge >= 0.3 is 0 Å². The molecule has 27 heavy (non-hydrogen) atoms. The average Bonchev–Trinajstić information content (AvgIpc) is 2.66. The van der Waals surface area contributed by atoms with E-state index >= 15 is 0 Å². The van der Waals surface area contributed by atoms with Crippen LogP contribution in [-0.4, -0.2) is 14.1 Å². The lowest BCUT2D eigenvalue weighted by molar-refractivity contribution is 0.716. The molecule has 0 spiro atoms. The van der Waals surface area contributed by atoms with Gasteiger partial charge in [-0.3, -0.25) is 14.2 Å². The van der Waals surface area contributed by atoms with Crippen LogP contribution in [-0.2, 0) is 7.05 Å². The molecular weight excluding hydrogens is 338 g/mol. The molecule has 5 nitrogen and oxygen atoms in total. The lowest BCUT2D eigenvalue weighted by Gasteiger charge is -2.18. The first-order valence-corrected chi connectivity index (χ1v) is 9.01. The average molecular weight is 359 g/mol. The van der Waals surface area contributed by atoms with Gasteiger partial charge in [0, 0.05) is 18.4 Å². The summed E-state index contributed by atoms with van der Waals surface area (Å²) in [4.78, 5) is 31.4. The van der Waals surface area contributed by atoms with Crippen molar-refractivity contribution in [2.45, 2.75) is 26.7 Å². The molecule has 2 heterocycles. The number of pyridine rings is 1. The first-order chi connectivity index (χ1) is 12.9. The van der Waals surface area contributed by atoms with Crippen LogP contribution in [0.3, 0.4) is 0 Å². The van der Waals surface area contributed by atoms with Gasteiger partial charge in [0.25, 0.3) is 5.56 Å². The molecule has 0 fully saturated rings. The minimum absolute atomic E-state index is 0.0196. The number of para-hydroxylation sites is 1. The SMILES string of the molecule is Cc1ccc2c(c1)c(=O)c1c(=O)n(-c3ccccc3)c(C(C)C)nc1n2C. The maximum atomic E-state index is 13.5. The van der Waals surface area contributed by atoms with E-state index in [1.807, 2.05) is 80.9 Å². The number of fused-ring (bicyclic) bond motifs is 2. The minimum atomic E-state index is -0.320. The number of aromatic nitrogens is 3. The Morgan fingerprint density at radius 1 is 1.00 bits per heavy atom. The molecule has 0 radical (unpaired) electrons. The zero-order valence-electron chi connectivity index (χ0n) is 15.9. The highest BCUT2D eigenvalue weighted by Gasteiger charge is 2.20. The van der Waals surface area contributed by atoms with Crippen molar-refractivity contribution in [3.8, 4) is 5.69 Å². The lowest BCUT2D eigenvalue weighted by atomic mass is 10.1. The summed E-state index contributed by atoms with van der Waals surface area (Å²) in [5.74, 6) is 0.659. The van der Waals surface area contributed by atoms with Crippen molar-refractivity contribution >= 4 is 21.9 Å². The molecule has 2 aromatic heterocycles. The van der Waals surface area contributed by atoms with Gasteiger partial charge < -0.3 is 4.57 Å². The van der Waals surface area contributed by atoms with Gasteiger partial charge in [0.2, 0.25) is 5.43 Å². The monoisotopic (exact) mass is 359 g/mol. The molecule has 0 aliphatic heterocycles. The highest BCUT2D eigenvalue weighted by molar-refractivity contribution is 5.91. The van der Waals surface area contributed by atoms with E-state index in [0.29, 0.717) is 22.5 Å². The van der Waals surface area contributed by atoms with E-state index in [4.69, 9.17) is 4.98 Å². The Bertz CT molecular complexity index is 1300. The second-order valence-electron chi connectivity index (χ2n) is 7.21. The predicted molar refractivity (Wildman–Crippen MR) is 109 cm³/mol. The van der Waals surface area contributed by atoms with Crippen molar-refractivity contribution < 1.29 is 0 Å². The van der Waals surface area contributed by atoms with Crippen LogP contribution >= 0.6 is 0 Å². The van der Waals surface area contributed by atoms with Crippen LogP contribution in [0, 0.1) is 6.92 Å². The summed E-state index contributed by atoms with van der Waals surface area (Å²) in [5, 5.41) is 0.671. The zero-order valence-corrected chi connectivity index (χ0v) is 15.9. The fourth-order valence-electron chi connectivity index (χ4n) is 3.55. The van der Waals surface area contributed by atoms with Gasteiger partial charge in [0.1, 0.15) is 11.2 Å². The van der Waals surface area contributed by atoms with Gasteiger partial charge in [-0.15, -0.1) is 0 Å². The third-order valence-corrected chi connectivity index (χ3v) is 4.92. The zero-order chi connectivity index (χ0) is 19.3. The van der Waals surface area contributed by atoms with Crippen LogP contribution in [0.4, 0.5) is 0 Å². The quantitative estimate of drug-likeness (QED) is 0.513. The van der Waals surface area contributed by atoms with Crippen molar-refractivity contribution in [3.63, 3.8) is 0 Å². The summed E-state index contributed by atoms with van der Waals surface area (Å²) in [5.41, 5.74) is 2.31. The van der Waals surface area contributed by atoms with Gasteiger partial charge in [-0.1, -0.05) is 43.7 Å². The van der Waals surface area contributed by atoms with Crippen molar-refractivity contribution in [2.75, 3.05) is 0 Å². The molecule has 0 bridgehead atoms. The number of rotatable bonds is 2. The summed E-state index contributed by atoms with van der Waals surface area (Å²) < 4.78 is 3.41. The Kier molecular flexibility index (Phi) is 3.95. The van der Waals surface area contributed by atoms with E-state index in [-0.39, 0.29) is 22.3 Å². The Labute approximate surface area is 156 Å². The molecule has 0 saturated heterocycles. The summed E-state index contributed by atoms with van der Waals surface area (Å²) in [6.45, 7) is 5.93. The molecule has 5 heteroatoms. The molecule has 0 aliphatic rings. The summed E-state index contributed by atoms with van der Waals surface area (Å²) >= 11 is 0. The summed E-state index contributed by atoms with van der Waals surface area (Å²) in [7, 11) is 1.85. The maximum Gasteiger partial charge on any atom is 0.271 e. The van der Waals surface area contributed by atoms with Crippen molar-refractivity contribution in [3.05, 3.63) is 80.5 Å². The van der Waals surface area contributed by atoms with Gasteiger partial charge in [-0.2, -0.15) is 0 Å². The Morgan fingerprint density at radius 2 is 1.70 bits per heavy atom. The highest BCUT2D eigenvalue weighted by Crippen LogP contribution is 2.21. The fraction of sp³-hybridized carbons (Fsp3) is 0.227. The molecule has 0 aliphatic carbocycles. The Hall–Kier alpha value is -3.21. The second-order valence-corrected chi connectivity index (χ2v) is 7.21. The van der Waals surface area contributed by atoms with E-state index in [1.165, 1.54) is 0 Å². The third-order valence-electron chi connectivity index (χ3n) is 4.92. The number of nitrogens with zero attached hydrogens (tertiary/aromatic N) is 3. The summed E-state index contributed by atoms with van der Waals surface area (Å²) in [6, 6.07) is 15.1. The molecule has 2 aromatic carbocycles. The van der Waals surface area contributed by atoms with Crippen molar-refractivity contribution in [2.24, 2.45) is 7.05 Å². The number of hydrogen-bond acceptors (Lipinski definition) is 3. The molecule has 0 unspecified atom stereocenters. The Balaban J connectivity index is 2.27. The second kappa shape index (κ2) is 6.20. The largest absolute Gasteiger partial charge is 0.328 e. The third kappa shape index (κ3) is 2.58. The number of benzene rings is 2. The molecule has 4 aromatic rings. The Morgan fingerprint density at radius 3 is 2.37 bits per heavy atom. The van der Waals surface area contributed by atoms with Gasteiger partial charge in [0.05, 0.1) is 11.2 Å². The molecule has 0 atom stereocenters. The molecule has 136 valence electrons. The van der Waals surface area contributed by atoms with Crippen LogP contribution in [0.1, 0.15) is 31.2 Å². The van der Waals surface area contributed by atoms with E-state index in [0.717, 1.165) is 11.1 Å². The first-order valence-electron chi connectivity index (χ1n) is 9.01. The molecule has 0 N–H and O–H groups in total.